The van der Waals surface area contributed by atoms with Gasteiger partial charge >= 0.3 is 0 Å². The molecule has 1 N–H and O–H groups in total. The number of methoxy groups -OCH3 is 2. The third-order valence-corrected chi connectivity index (χ3v) is 5.07. The lowest BCUT2D eigenvalue weighted by Gasteiger charge is -2.14. The molecule has 3 rings (SSSR count). The number of fused-ring (bicyclic) bond motifs is 1. The molecule has 6 heteroatoms. The number of allylic oxidation sites excluding steroid dienone is 1. The summed E-state index contributed by atoms with van der Waals surface area (Å²) >= 11 is 1.56. The highest BCUT2D eigenvalue weighted by molar-refractivity contribution is 7.16. The van der Waals surface area contributed by atoms with Crippen LogP contribution in [0.5, 0.6) is 11.5 Å². The number of thiazole rings is 1. The highest BCUT2D eigenvalue weighted by atomic mass is 32.1. The molecule has 1 amide bonds. The van der Waals surface area contributed by atoms with Crippen molar-refractivity contribution in [3.05, 3.63) is 46.5 Å². The zero-order chi connectivity index (χ0) is 17.1. The molecule has 24 heavy (non-hydrogen) atoms. The summed E-state index contributed by atoms with van der Waals surface area (Å²) in [6.07, 6.45) is 5.57. The molecule has 0 fully saturated rings. The zero-order valence-electron chi connectivity index (χ0n) is 13.8. The second-order valence-corrected chi connectivity index (χ2v) is 6.64. The molecule has 0 saturated carbocycles. The van der Waals surface area contributed by atoms with Crippen molar-refractivity contribution in [3.8, 4) is 11.5 Å². The van der Waals surface area contributed by atoms with Gasteiger partial charge < -0.3 is 9.47 Å². The van der Waals surface area contributed by atoms with E-state index in [1.54, 1.807) is 43.8 Å². The van der Waals surface area contributed by atoms with Gasteiger partial charge in [0.05, 0.1) is 19.9 Å². The van der Waals surface area contributed by atoms with Crippen molar-refractivity contribution in [1.29, 1.82) is 0 Å². The van der Waals surface area contributed by atoms with E-state index >= 15 is 0 Å². The van der Waals surface area contributed by atoms with Crippen LogP contribution in [0.2, 0.25) is 0 Å². The Morgan fingerprint density at radius 2 is 2.21 bits per heavy atom. The molecule has 1 aromatic heterocycles. The maximum absolute atomic E-state index is 12.6. The van der Waals surface area contributed by atoms with Gasteiger partial charge in [-0.2, -0.15) is 0 Å². The number of anilines is 1. The summed E-state index contributed by atoms with van der Waals surface area (Å²) < 4.78 is 10.8. The van der Waals surface area contributed by atoms with Gasteiger partial charge in [-0.25, -0.2) is 4.98 Å². The Hall–Kier alpha value is -2.34. The minimum absolute atomic E-state index is 0.200. The van der Waals surface area contributed by atoms with Crippen molar-refractivity contribution < 1.29 is 14.3 Å². The standard InChI is InChI=1S/C18H20N2O3S/c1-4-6-11-9-12(10-14(22-2)16(11)23-3)17(21)20-18-19-13-7-5-8-15(13)24-18/h4,9-10H,1,5-8H2,2-3H3,(H,19,20,21). The second kappa shape index (κ2) is 7.05. The summed E-state index contributed by atoms with van der Waals surface area (Å²) in [7, 11) is 3.14. The number of amides is 1. The molecule has 0 bridgehead atoms. The molecular weight excluding hydrogens is 324 g/mol. The van der Waals surface area contributed by atoms with E-state index in [2.05, 4.69) is 16.9 Å². The second-order valence-electron chi connectivity index (χ2n) is 5.56. The first-order valence-electron chi connectivity index (χ1n) is 7.82. The predicted molar refractivity (Wildman–Crippen MR) is 95.5 cm³/mol. The van der Waals surface area contributed by atoms with Gasteiger partial charge in [0.2, 0.25) is 0 Å². The van der Waals surface area contributed by atoms with Gasteiger partial charge in [0.25, 0.3) is 5.91 Å². The van der Waals surface area contributed by atoms with E-state index in [1.807, 2.05) is 0 Å². The quantitative estimate of drug-likeness (QED) is 0.813. The molecule has 1 aliphatic carbocycles. The Morgan fingerprint density at radius 3 is 2.88 bits per heavy atom. The fraction of sp³-hybridized carbons (Fsp3) is 0.333. The van der Waals surface area contributed by atoms with Crippen LogP contribution in [0.3, 0.4) is 0 Å². The van der Waals surface area contributed by atoms with Gasteiger partial charge in [0.1, 0.15) is 0 Å². The third kappa shape index (κ3) is 3.14. The Bertz CT molecular complexity index is 761. The first-order valence-corrected chi connectivity index (χ1v) is 8.63. The topological polar surface area (TPSA) is 60.5 Å². The van der Waals surface area contributed by atoms with Crippen molar-refractivity contribution in [2.75, 3.05) is 19.5 Å². The number of carbonyl (C=O) groups excluding carboxylic acids is 1. The normalized spacial score (nSPS) is 12.6. The van der Waals surface area contributed by atoms with Crippen molar-refractivity contribution >= 4 is 22.4 Å². The average Bonchev–Trinajstić information content (AvgIpc) is 3.15. The van der Waals surface area contributed by atoms with Crippen LogP contribution in [-0.4, -0.2) is 25.1 Å². The summed E-state index contributed by atoms with van der Waals surface area (Å²) in [5.41, 5.74) is 2.49. The predicted octanol–water partition coefficient (Wildman–Crippen LogP) is 3.63. The van der Waals surface area contributed by atoms with Crippen LogP contribution in [0.15, 0.2) is 24.8 Å². The Labute approximate surface area is 145 Å². The highest BCUT2D eigenvalue weighted by Crippen LogP contribution is 2.34. The third-order valence-electron chi connectivity index (χ3n) is 4.00. The Kier molecular flexibility index (Phi) is 4.85. The molecule has 0 saturated heterocycles. The van der Waals surface area contributed by atoms with Gasteiger partial charge in [-0.05, 0) is 37.8 Å². The van der Waals surface area contributed by atoms with Crippen LogP contribution >= 0.6 is 11.3 Å². The maximum Gasteiger partial charge on any atom is 0.257 e. The summed E-state index contributed by atoms with van der Waals surface area (Å²) in [4.78, 5) is 18.4. The van der Waals surface area contributed by atoms with Gasteiger partial charge in [-0.3, -0.25) is 10.1 Å². The summed E-state index contributed by atoms with van der Waals surface area (Å²) in [5, 5.41) is 3.55. The fourth-order valence-corrected chi connectivity index (χ4v) is 3.94. The smallest absolute Gasteiger partial charge is 0.257 e. The minimum atomic E-state index is -0.200. The highest BCUT2D eigenvalue weighted by Gasteiger charge is 2.20. The van der Waals surface area contributed by atoms with E-state index in [9.17, 15) is 4.79 Å². The molecule has 2 aromatic rings. The molecule has 0 unspecified atom stereocenters. The van der Waals surface area contributed by atoms with E-state index in [-0.39, 0.29) is 5.91 Å². The molecule has 0 radical (unpaired) electrons. The van der Waals surface area contributed by atoms with E-state index in [0.717, 1.165) is 30.5 Å². The number of ether oxygens (including phenoxy) is 2. The number of nitrogens with one attached hydrogen (secondary N) is 1. The van der Waals surface area contributed by atoms with Gasteiger partial charge in [0, 0.05) is 16.0 Å². The number of rotatable bonds is 6. The first kappa shape index (κ1) is 16.5. The number of aryl methyl sites for hydroxylation is 2. The molecule has 0 aliphatic heterocycles. The van der Waals surface area contributed by atoms with Crippen LogP contribution in [0.25, 0.3) is 0 Å². The van der Waals surface area contributed by atoms with Gasteiger partial charge in [-0.1, -0.05) is 6.08 Å². The number of nitrogens with zero attached hydrogens (tertiary/aromatic N) is 1. The van der Waals surface area contributed by atoms with Gasteiger partial charge in [-0.15, -0.1) is 17.9 Å². The molecule has 0 atom stereocenters. The van der Waals surface area contributed by atoms with Crippen molar-refractivity contribution in [3.63, 3.8) is 0 Å². The lowest BCUT2D eigenvalue weighted by molar-refractivity contribution is 0.102. The van der Waals surface area contributed by atoms with E-state index in [4.69, 9.17) is 9.47 Å². The molecule has 5 nitrogen and oxygen atoms in total. The van der Waals surface area contributed by atoms with Crippen molar-refractivity contribution in [2.45, 2.75) is 25.7 Å². The molecule has 0 spiro atoms. The van der Waals surface area contributed by atoms with Crippen LogP contribution in [0, 0.1) is 0 Å². The van der Waals surface area contributed by atoms with Crippen LogP contribution in [0.1, 0.15) is 32.9 Å². The lowest BCUT2D eigenvalue weighted by atomic mass is 10.1. The number of hydrogen-bond acceptors (Lipinski definition) is 5. The van der Waals surface area contributed by atoms with Gasteiger partial charge in [0.15, 0.2) is 16.6 Å². The molecule has 1 aromatic carbocycles. The van der Waals surface area contributed by atoms with Crippen LogP contribution in [0.4, 0.5) is 5.13 Å². The fourth-order valence-electron chi connectivity index (χ4n) is 2.89. The van der Waals surface area contributed by atoms with E-state index < -0.39 is 0 Å². The summed E-state index contributed by atoms with van der Waals surface area (Å²) in [6.45, 7) is 3.75. The largest absolute Gasteiger partial charge is 0.493 e. The summed E-state index contributed by atoms with van der Waals surface area (Å²) in [6, 6.07) is 3.49. The van der Waals surface area contributed by atoms with E-state index in [0.29, 0.717) is 28.6 Å². The van der Waals surface area contributed by atoms with E-state index in [1.165, 1.54) is 4.88 Å². The summed E-state index contributed by atoms with van der Waals surface area (Å²) in [5.74, 6) is 0.958. The number of aromatic nitrogens is 1. The lowest BCUT2D eigenvalue weighted by Crippen LogP contribution is -2.13. The van der Waals surface area contributed by atoms with Crippen LogP contribution < -0.4 is 14.8 Å². The van der Waals surface area contributed by atoms with Crippen molar-refractivity contribution in [1.82, 2.24) is 4.98 Å². The maximum atomic E-state index is 12.6. The average molecular weight is 344 g/mol. The molecule has 1 aliphatic rings. The zero-order valence-corrected chi connectivity index (χ0v) is 14.7. The number of hydrogen-bond donors (Lipinski definition) is 1. The molecule has 126 valence electrons. The van der Waals surface area contributed by atoms with Crippen LogP contribution in [-0.2, 0) is 19.3 Å². The Balaban J connectivity index is 1.87. The van der Waals surface area contributed by atoms with Crippen molar-refractivity contribution in [2.24, 2.45) is 0 Å². The Morgan fingerprint density at radius 1 is 1.38 bits per heavy atom. The molecular formula is C18H20N2O3S. The SMILES string of the molecule is C=CCc1cc(C(=O)Nc2nc3c(s2)CCC3)cc(OC)c1OC. The molecule has 1 heterocycles. The number of benzene rings is 1. The minimum Gasteiger partial charge on any atom is -0.493 e. The number of carbonyl (C=O) groups is 1. The monoisotopic (exact) mass is 344 g/mol. The first-order chi connectivity index (χ1) is 11.7.